The Hall–Kier alpha value is -2.88. The highest BCUT2D eigenvalue weighted by molar-refractivity contribution is 14.0. The SMILES string of the molecule is CCNC(=NCc1cccc(CN2CCCC2=O)c1)N(C)Cc1ncc(-c2ccccc2)[nH]1.I. The zero-order chi connectivity index (χ0) is 23.0. The Bertz CT molecular complexity index is 1100. The predicted molar refractivity (Wildman–Crippen MR) is 147 cm³/mol. The predicted octanol–water partition coefficient (Wildman–Crippen LogP) is 4.41. The molecule has 1 aliphatic heterocycles. The largest absolute Gasteiger partial charge is 0.357 e. The normalized spacial score (nSPS) is 13.6. The molecule has 0 saturated carbocycles. The molecule has 1 aromatic heterocycles. The number of halogens is 1. The van der Waals surface area contributed by atoms with Crippen LogP contribution >= 0.6 is 24.0 Å². The number of aromatic nitrogens is 2. The molecule has 0 atom stereocenters. The van der Waals surface area contributed by atoms with Gasteiger partial charge in [-0.15, -0.1) is 24.0 Å². The van der Waals surface area contributed by atoms with Gasteiger partial charge >= 0.3 is 0 Å². The summed E-state index contributed by atoms with van der Waals surface area (Å²) in [5.74, 6) is 1.97. The van der Waals surface area contributed by atoms with E-state index in [1.54, 1.807) is 0 Å². The maximum atomic E-state index is 11.9. The number of aromatic amines is 1. The number of amides is 1. The van der Waals surface area contributed by atoms with E-state index in [0.717, 1.165) is 53.7 Å². The Morgan fingerprint density at radius 3 is 2.71 bits per heavy atom. The molecule has 1 fully saturated rings. The summed E-state index contributed by atoms with van der Waals surface area (Å²) >= 11 is 0. The molecular weight excluding hydrogens is 539 g/mol. The minimum Gasteiger partial charge on any atom is -0.357 e. The zero-order valence-electron chi connectivity index (χ0n) is 19.8. The quantitative estimate of drug-likeness (QED) is 0.238. The summed E-state index contributed by atoms with van der Waals surface area (Å²) in [6.07, 6.45) is 3.51. The van der Waals surface area contributed by atoms with Gasteiger partial charge in [-0.1, -0.05) is 54.6 Å². The van der Waals surface area contributed by atoms with Crippen molar-refractivity contribution in [2.45, 2.75) is 39.4 Å². The van der Waals surface area contributed by atoms with Crippen molar-refractivity contribution in [2.75, 3.05) is 20.1 Å². The van der Waals surface area contributed by atoms with Crippen LogP contribution in [0.5, 0.6) is 0 Å². The molecule has 180 valence electrons. The average molecular weight is 572 g/mol. The van der Waals surface area contributed by atoms with Crippen LogP contribution in [-0.4, -0.2) is 51.8 Å². The number of aliphatic imine (C=N–C) groups is 1. The second-order valence-corrected chi connectivity index (χ2v) is 8.37. The number of H-pyrrole nitrogens is 1. The second-order valence-electron chi connectivity index (χ2n) is 8.37. The third-order valence-corrected chi connectivity index (χ3v) is 5.74. The molecule has 34 heavy (non-hydrogen) atoms. The van der Waals surface area contributed by atoms with Crippen LogP contribution in [0.1, 0.15) is 36.7 Å². The lowest BCUT2D eigenvalue weighted by Gasteiger charge is -2.21. The fourth-order valence-corrected chi connectivity index (χ4v) is 4.06. The van der Waals surface area contributed by atoms with Crippen LogP contribution in [0, 0.1) is 0 Å². The Kier molecular flexibility index (Phi) is 9.50. The lowest BCUT2D eigenvalue weighted by atomic mass is 10.1. The van der Waals surface area contributed by atoms with Crippen molar-refractivity contribution in [3.8, 4) is 11.3 Å². The summed E-state index contributed by atoms with van der Waals surface area (Å²) in [5.41, 5.74) is 4.41. The third kappa shape index (κ3) is 6.82. The highest BCUT2D eigenvalue weighted by Crippen LogP contribution is 2.17. The van der Waals surface area contributed by atoms with E-state index in [1.807, 2.05) is 42.4 Å². The van der Waals surface area contributed by atoms with E-state index in [-0.39, 0.29) is 29.9 Å². The van der Waals surface area contributed by atoms with Crippen molar-refractivity contribution in [3.05, 3.63) is 77.7 Å². The number of nitrogens with one attached hydrogen (secondary N) is 2. The number of hydrogen-bond acceptors (Lipinski definition) is 3. The number of rotatable bonds is 8. The van der Waals surface area contributed by atoms with Gasteiger partial charge in [0.05, 0.1) is 25.0 Å². The molecule has 0 bridgehead atoms. The van der Waals surface area contributed by atoms with Crippen LogP contribution in [0.25, 0.3) is 11.3 Å². The topological polar surface area (TPSA) is 76.6 Å². The molecule has 1 amide bonds. The van der Waals surface area contributed by atoms with Gasteiger partial charge in [0.25, 0.3) is 0 Å². The lowest BCUT2D eigenvalue weighted by Crippen LogP contribution is -2.38. The van der Waals surface area contributed by atoms with Crippen LogP contribution < -0.4 is 5.32 Å². The third-order valence-electron chi connectivity index (χ3n) is 5.74. The van der Waals surface area contributed by atoms with Gasteiger partial charge in [0.15, 0.2) is 5.96 Å². The summed E-state index contributed by atoms with van der Waals surface area (Å²) in [4.78, 5) is 28.7. The molecule has 0 radical (unpaired) electrons. The summed E-state index contributed by atoms with van der Waals surface area (Å²) < 4.78 is 0. The molecule has 7 nitrogen and oxygen atoms in total. The second kappa shape index (κ2) is 12.5. The van der Waals surface area contributed by atoms with Gasteiger partial charge in [0, 0.05) is 33.1 Å². The number of guanidine groups is 1. The minimum absolute atomic E-state index is 0. The Labute approximate surface area is 218 Å². The molecule has 0 unspecified atom stereocenters. The molecular formula is C26H33IN6O. The van der Waals surface area contributed by atoms with Crippen molar-refractivity contribution in [3.63, 3.8) is 0 Å². The van der Waals surface area contributed by atoms with Crippen LogP contribution in [0.2, 0.25) is 0 Å². The van der Waals surface area contributed by atoms with E-state index in [9.17, 15) is 4.79 Å². The maximum absolute atomic E-state index is 11.9. The molecule has 4 rings (SSSR count). The van der Waals surface area contributed by atoms with Crippen molar-refractivity contribution in [1.82, 2.24) is 25.1 Å². The fraction of sp³-hybridized carbons (Fsp3) is 0.346. The first-order chi connectivity index (χ1) is 16.1. The van der Waals surface area contributed by atoms with Gasteiger partial charge in [-0.05, 0) is 30.0 Å². The van der Waals surface area contributed by atoms with Crippen LogP contribution in [-0.2, 0) is 24.4 Å². The van der Waals surface area contributed by atoms with Crippen LogP contribution in [0.3, 0.4) is 0 Å². The fourth-order valence-electron chi connectivity index (χ4n) is 4.06. The number of benzene rings is 2. The van der Waals surface area contributed by atoms with E-state index in [1.165, 1.54) is 0 Å². The maximum Gasteiger partial charge on any atom is 0.222 e. The Morgan fingerprint density at radius 1 is 1.18 bits per heavy atom. The van der Waals surface area contributed by atoms with E-state index in [2.05, 4.69) is 57.4 Å². The molecule has 0 spiro atoms. The van der Waals surface area contributed by atoms with Crippen molar-refractivity contribution in [1.29, 1.82) is 0 Å². The monoisotopic (exact) mass is 572 g/mol. The first kappa shape index (κ1) is 25.7. The number of likely N-dealkylation sites (tertiary alicyclic amines) is 1. The van der Waals surface area contributed by atoms with Crippen molar-refractivity contribution < 1.29 is 4.79 Å². The van der Waals surface area contributed by atoms with Crippen LogP contribution in [0.4, 0.5) is 0 Å². The minimum atomic E-state index is 0. The Balaban J connectivity index is 0.00000324. The highest BCUT2D eigenvalue weighted by atomic mass is 127. The number of carbonyl (C=O) groups excluding carboxylic acids is 1. The summed E-state index contributed by atoms with van der Waals surface area (Å²) in [6.45, 7) is 5.58. The number of imidazole rings is 1. The highest BCUT2D eigenvalue weighted by Gasteiger charge is 2.20. The van der Waals surface area contributed by atoms with Gasteiger partial charge in [-0.25, -0.2) is 9.98 Å². The zero-order valence-corrected chi connectivity index (χ0v) is 22.2. The molecule has 0 aliphatic carbocycles. The van der Waals surface area contributed by atoms with E-state index < -0.39 is 0 Å². The van der Waals surface area contributed by atoms with Crippen molar-refractivity contribution >= 4 is 35.8 Å². The average Bonchev–Trinajstić information content (AvgIpc) is 3.46. The molecule has 1 aliphatic rings. The van der Waals surface area contributed by atoms with Gasteiger partial charge < -0.3 is 20.1 Å². The number of carbonyl (C=O) groups is 1. The Morgan fingerprint density at radius 2 is 1.97 bits per heavy atom. The van der Waals surface area contributed by atoms with Gasteiger partial charge in [0.2, 0.25) is 5.91 Å². The van der Waals surface area contributed by atoms with E-state index in [4.69, 9.17) is 4.99 Å². The van der Waals surface area contributed by atoms with Gasteiger partial charge in [-0.2, -0.15) is 0 Å². The standard InChI is InChI=1S/C26H32N6O.HI/c1-3-27-26(31(2)19-24-28-17-23(30-24)22-11-5-4-6-12-22)29-16-20-9-7-10-21(15-20)18-32-14-8-13-25(32)33;/h4-7,9-12,15,17H,3,8,13-14,16,18-19H2,1-2H3,(H,27,29)(H,28,30);1H. The van der Waals surface area contributed by atoms with E-state index in [0.29, 0.717) is 26.1 Å². The number of hydrogen-bond donors (Lipinski definition) is 2. The van der Waals surface area contributed by atoms with Crippen LogP contribution in [0.15, 0.2) is 65.8 Å². The molecule has 8 heteroatoms. The molecule has 2 aromatic carbocycles. The molecule has 2 heterocycles. The smallest absolute Gasteiger partial charge is 0.222 e. The summed E-state index contributed by atoms with van der Waals surface area (Å²) in [7, 11) is 2.02. The summed E-state index contributed by atoms with van der Waals surface area (Å²) in [6, 6.07) is 18.6. The van der Waals surface area contributed by atoms with Gasteiger partial charge in [-0.3, -0.25) is 4.79 Å². The van der Waals surface area contributed by atoms with Crippen molar-refractivity contribution in [2.24, 2.45) is 4.99 Å². The summed E-state index contributed by atoms with van der Waals surface area (Å²) in [5, 5.41) is 3.37. The lowest BCUT2D eigenvalue weighted by molar-refractivity contribution is -0.128. The van der Waals surface area contributed by atoms with E-state index >= 15 is 0 Å². The number of nitrogens with zero attached hydrogens (tertiary/aromatic N) is 4. The first-order valence-electron chi connectivity index (χ1n) is 11.6. The molecule has 3 aromatic rings. The molecule has 2 N–H and O–H groups in total. The first-order valence-corrected chi connectivity index (χ1v) is 11.6. The molecule has 1 saturated heterocycles. The van der Waals surface area contributed by atoms with Gasteiger partial charge in [0.1, 0.15) is 5.82 Å².